The maximum atomic E-state index is 12.5. The fourth-order valence-corrected chi connectivity index (χ4v) is 6.60. The van der Waals surface area contributed by atoms with Crippen LogP contribution in [0.1, 0.15) is 12.8 Å². The Kier molecular flexibility index (Phi) is 5.93. The summed E-state index contributed by atoms with van der Waals surface area (Å²) in [5, 5.41) is 2.65. The van der Waals surface area contributed by atoms with Crippen molar-refractivity contribution in [2.24, 2.45) is 0 Å². The Balaban J connectivity index is 1.36. The van der Waals surface area contributed by atoms with Crippen molar-refractivity contribution < 1.29 is 26.0 Å². The van der Waals surface area contributed by atoms with Crippen LogP contribution in [0.15, 0.2) is 62.6 Å². The van der Waals surface area contributed by atoms with E-state index >= 15 is 0 Å². The molecule has 1 atom stereocenters. The number of nitrogens with one attached hydrogen (secondary N) is 2. The summed E-state index contributed by atoms with van der Waals surface area (Å²) >= 11 is 0. The molecule has 0 aliphatic carbocycles. The molecule has 4 rings (SSSR count). The van der Waals surface area contributed by atoms with E-state index in [2.05, 4.69) is 10.0 Å². The summed E-state index contributed by atoms with van der Waals surface area (Å²) in [7, 11) is -7.09. The van der Waals surface area contributed by atoms with Gasteiger partial charge in [0, 0.05) is 24.7 Å². The van der Waals surface area contributed by atoms with Gasteiger partial charge in [0.1, 0.15) is 0 Å². The number of hydrogen-bond donors (Lipinski definition) is 2. The standard InChI is InChI=1S/C20H21N3O7S2/c24-19(9-11-23-17-3-1-2-4-18(17)30-20(23)25)21-14-5-7-16(8-6-14)32(28,29)22-15-10-12-31(26,27)13-15/h1-8,15,22H,9-13H2,(H,21,24)/t15-/m0/s1. The predicted octanol–water partition coefficient (Wildman–Crippen LogP) is 1.09. The minimum Gasteiger partial charge on any atom is -0.408 e. The fraction of sp³-hybridized carbons (Fsp3) is 0.300. The Labute approximate surface area is 184 Å². The molecule has 2 heterocycles. The Morgan fingerprint density at radius 2 is 1.84 bits per heavy atom. The summed E-state index contributed by atoms with van der Waals surface area (Å²) in [5.74, 6) is -1.15. The topological polar surface area (TPSA) is 145 Å². The zero-order valence-electron chi connectivity index (χ0n) is 16.9. The van der Waals surface area contributed by atoms with Crippen molar-refractivity contribution in [2.45, 2.75) is 30.3 Å². The maximum absolute atomic E-state index is 12.5. The summed E-state index contributed by atoms with van der Waals surface area (Å²) in [4.78, 5) is 24.2. The molecule has 170 valence electrons. The minimum atomic E-state index is -3.88. The molecule has 0 spiro atoms. The lowest BCUT2D eigenvalue weighted by Crippen LogP contribution is -2.35. The van der Waals surface area contributed by atoms with Gasteiger partial charge in [0.25, 0.3) is 0 Å². The number of oxazole rings is 1. The number of sulfonamides is 1. The van der Waals surface area contributed by atoms with E-state index in [4.69, 9.17) is 4.42 Å². The number of hydrogen-bond acceptors (Lipinski definition) is 7. The molecule has 1 aliphatic heterocycles. The van der Waals surface area contributed by atoms with Crippen LogP contribution >= 0.6 is 0 Å². The average Bonchev–Trinajstić information content (AvgIpc) is 3.23. The SMILES string of the molecule is O=C(CCn1c(=O)oc2ccccc21)Nc1ccc(S(=O)(=O)N[C@H]2CCS(=O)(=O)C2)cc1. The highest BCUT2D eigenvalue weighted by Gasteiger charge is 2.31. The molecular weight excluding hydrogens is 458 g/mol. The van der Waals surface area contributed by atoms with Crippen LogP contribution in [-0.2, 0) is 31.2 Å². The first-order chi connectivity index (χ1) is 15.1. The van der Waals surface area contributed by atoms with Gasteiger partial charge in [-0.2, -0.15) is 0 Å². The highest BCUT2D eigenvalue weighted by atomic mass is 32.2. The molecule has 2 N–H and O–H groups in total. The van der Waals surface area contributed by atoms with E-state index in [0.717, 1.165) is 0 Å². The highest BCUT2D eigenvalue weighted by molar-refractivity contribution is 7.92. The van der Waals surface area contributed by atoms with Crippen molar-refractivity contribution in [1.82, 2.24) is 9.29 Å². The van der Waals surface area contributed by atoms with Gasteiger partial charge in [-0.05, 0) is 42.8 Å². The van der Waals surface area contributed by atoms with Crippen molar-refractivity contribution >= 4 is 42.6 Å². The van der Waals surface area contributed by atoms with Crippen LogP contribution < -0.4 is 15.8 Å². The second-order valence-electron chi connectivity index (χ2n) is 7.53. The number of para-hydroxylation sites is 2. The van der Waals surface area contributed by atoms with Gasteiger partial charge < -0.3 is 9.73 Å². The van der Waals surface area contributed by atoms with Crippen molar-refractivity contribution in [2.75, 3.05) is 16.8 Å². The lowest BCUT2D eigenvalue weighted by Gasteiger charge is -2.12. The lowest BCUT2D eigenvalue weighted by molar-refractivity contribution is -0.116. The number of sulfone groups is 1. The summed E-state index contributed by atoms with van der Waals surface area (Å²) in [6, 6.07) is 11.8. The van der Waals surface area contributed by atoms with Gasteiger partial charge in [-0.3, -0.25) is 9.36 Å². The zero-order chi connectivity index (χ0) is 22.9. The number of fused-ring (bicyclic) bond motifs is 1. The summed E-state index contributed by atoms with van der Waals surface area (Å²) in [6.07, 6.45) is 0.256. The second kappa shape index (κ2) is 8.52. The molecule has 12 heteroatoms. The normalized spacial score (nSPS) is 18.1. The largest absolute Gasteiger partial charge is 0.419 e. The van der Waals surface area contributed by atoms with E-state index in [1.165, 1.54) is 28.8 Å². The molecule has 10 nitrogen and oxygen atoms in total. The highest BCUT2D eigenvalue weighted by Crippen LogP contribution is 2.18. The van der Waals surface area contributed by atoms with E-state index in [9.17, 15) is 26.4 Å². The zero-order valence-corrected chi connectivity index (χ0v) is 18.5. The number of nitrogens with zero attached hydrogens (tertiary/aromatic N) is 1. The lowest BCUT2D eigenvalue weighted by atomic mass is 10.3. The van der Waals surface area contributed by atoms with Gasteiger partial charge in [0.05, 0.1) is 21.9 Å². The van der Waals surface area contributed by atoms with Gasteiger partial charge in [0.15, 0.2) is 15.4 Å². The van der Waals surface area contributed by atoms with Crippen LogP contribution in [0.25, 0.3) is 11.1 Å². The van der Waals surface area contributed by atoms with Crippen molar-refractivity contribution in [3.05, 3.63) is 59.1 Å². The number of benzene rings is 2. The quantitative estimate of drug-likeness (QED) is 0.516. The molecule has 0 radical (unpaired) electrons. The Morgan fingerprint density at radius 1 is 1.12 bits per heavy atom. The van der Waals surface area contributed by atoms with Gasteiger partial charge in [-0.25, -0.2) is 26.4 Å². The van der Waals surface area contributed by atoms with E-state index in [1.807, 2.05) is 0 Å². The number of carbonyl (C=O) groups is 1. The first-order valence-corrected chi connectivity index (χ1v) is 13.1. The van der Waals surface area contributed by atoms with Gasteiger partial charge >= 0.3 is 5.76 Å². The van der Waals surface area contributed by atoms with E-state index in [0.29, 0.717) is 16.8 Å². The summed E-state index contributed by atoms with van der Waals surface area (Å²) in [6.45, 7) is 0.127. The molecule has 2 aromatic carbocycles. The second-order valence-corrected chi connectivity index (χ2v) is 11.5. The average molecular weight is 480 g/mol. The van der Waals surface area contributed by atoms with Crippen LogP contribution in [0, 0.1) is 0 Å². The Hall–Kier alpha value is -2.96. The number of amides is 1. The van der Waals surface area contributed by atoms with E-state index < -0.39 is 31.7 Å². The molecule has 0 bridgehead atoms. The first kappa shape index (κ1) is 22.2. The van der Waals surface area contributed by atoms with Crippen molar-refractivity contribution in [3.8, 4) is 0 Å². The van der Waals surface area contributed by atoms with Crippen LogP contribution in [0.5, 0.6) is 0 Å². The summed E-state index contributed by atoms with van der Waals surface area (Å²) in [5.41, 5.74) is 1.43. The molecule has 0 saturated carbocycles. The predicted molar refractivity (Wildman–Crippen MR) is 118 cm³/mol. The molecular formula is C20H21N3O7S2. The number of anilines is 1. The fourth-order valence-electron chi connectivity index (χ4n) is 3.56. The molecule has 1 amide bonds. The van der Waals surface area contributed by atoms with Crippen molar-refractivity contribution in [1.29, 1.82) is 0 Å². The summed E-state index contributed by atoms with van der Waals surface area (Å²) < 4.78 is 56.9. The van der Waals surface area contributed by atoms with Gasteiger partial charge in [-0.15, -0.1) is 0 Å². The van der Waals surface area contributed by atoms with E-state index in [1.54, 1.807) is 24.3 Å². The molecule has 1 saturated heterocycles. The monoisotopic (exact) mass is 479 g/mol. The van der Waals surface area contributed by atoms with Gasteiger partial charge in [0.2, 0.25) is 15.9 Å². The Morgan fingerprint density at radius 3 is 2.53 bits per heavy atom. The third-order valence-electron chi connectivity index (χ3n) is 5.14. The molecule has 1 aliphatic rings. The van der Waals surface area contributed by atoms with Crippen molar-refractivity contribution in [3.63, 3.8) is 0 Å². The number of aryl methyl sites for hydroxylation is 1. The molecule has 1 aromatic heterocycles. The molecule has 1 fully saturated rings. The molecule has 0 unspecified atom stereocenters. The molecule has 3 aromatic rings. The maximum Gasteiger partial charge on any atom is 0.419 e. The van der Waals surface area contributed by atoms with E-state index in [-0.39, 0.29) is 41.7 Å². The van der Waals surface area contributed by atoms with Crippen LogP contribution in [0.3, 0.4) is 0 Å². The van der Waals surface area contributed by atoms with Crippen LogP contribution in [0.2, 0.25) is 0 Å². The molecule has 32 heavy (non-hydrogen) atoms. The number of rotatable bonds is 7. The smallest absolute Gasteiger partial charge is 0.408 e. The number of carbonyl (C=O) groups excluding carboxylic acids is 1. The third-order valence-corrected chi connectivity index (χ3v) is 8.44. The van der Waals surface area contributed by atoms with Crippen LogP contribution in [-0.4, -0.2) is 44.9 Å². The van der Waals surface area contributed by atoms with Crippen LogP contribution in [0.4, 0.5) is 5.69 Å². The minimum absolute atomic E-state index is 0.0151. The Bertz CT molecular complexity index is 1420. The third kappa shape index (κ3) is 4.92. The first-order valence-electron chi connectivity index (χ1n) is 9.84. The van der Waals surface area contributed by atoms with Gasteiger partial charge in [-0.1, -0.05) is 12.1 Å². The number of aromatic nitrogens is 1.